The molecule has 1 aromatic heterocycles. The average Bonchev–Trinajstić information content (AvgIpc) is 3.19. The summed E-state index contributed by atoms with van der Waals surface area (Å²) < 4.78 is 5.21. The average molecular weight is 390 g/mol. The van der Waals surface area contributed by atoms with Crippen molar-refractivity contribution < 1.29 is 9.53 Å². The van der Waals surface area contributed by atoms with Crippen LogP contribution < -0.4 is 20.3 Å². The number of carbonyl (C=O) groups is 1. The van der Waals surface area contributed by atoms with Crippen molar-refractivity contribution in [3.63, 3.8) is 0 Å². The van der Waals surface area contributed by atoms with Crippen LogP contribution in [0.25, 0.3) is 0 Å². The Balaban J connectivity index is 1.54. The van der Waals surface area contributed by atoms with Gasteiger partial charge in [-0.25, -0.2) is 4.98 Å². The van der Waals surface area contributed by atoms with Gasteiger partial charge in [-0.05, 0) is 38.0 Å². The summed E-state index contributed by atoms with van der Waals surface area (Å²) in [7, 11) is 1.52. The molecule has 7 nitrogen and oxygen atoms in total. The summed E-state index contributed by atoms with van der Waals surface area (Å²) in [6.45, 7) is 4.96. The number of nitrogens with one attached hydrogen (secondary N) is 2. The third-order valence-corrected chi connectivity index (χ3v) is 4.61. The smallest absolute Gasteiger partial charge is 0.255 e. The summed E-state index contributed by atoms with van der Waals surface area (Å²) in [5.41, 5.74) is 1.33. The lowest BCUT2D eigenvalue weighted by atomic mass is 10.2. The number of aromatic nitrogens is 2. The van der Waals surface area contributed by atoms with Crippen LogP contribution in [0.3, 0.4) is 0 Å². The van der Waals surface area contributed by atoms with Gasteiger partial charge in [0.25, 0.3) is 5.91 Å². The Labute approximate surface area is 164 Å². The zero-order valence-corrected chi connectivity index (χ0v) is 16.3. The number of methoxy groups -OCH3 is 1. The number of carbonyl (C=O) groups excluding carboxylic acids is 1. The molecule has 1 aliphatic heterocycles. The molecule has 2 aromatic rings. The molecule has 3 rings (SSSR count). The van der Waals surface area contributed by atoms with Crippen molar-refractivity contribution in [2.24, 2.45) is 0 Å². The number of nitrogens with zero attached hydrogens (tertiary/aromatic N) is 3. The Morgan fingerprint density at radius 3 is 2.74 bits per heavy atom. The Bertz CT molecular complexity index is 809. The first-order valence-electron chi connectivity index (χ1n) is 9.03. The van der Waals surface area contributed by atoms with Crippen LogP contribution in [-0.4, -0.2) is 49.2 Å². The van der Waals surface area contributed by atoms with Gasteiger partial charge in [-0.3, -0.25) is 4.79 Å². The molecule has 1 aliphatic rings. The summed E-state index contributed by atoms with van der Waals surface area (Å²) in [4.78, 5) is 23.6. The van der Waals surface area contributed by atoms with Crippen LogP contribution in [0.4, 0.5) is 11.8 Å². The minimum atomic E-state index is -0.237. The first kappa shape index (κ1) is 19.2. The molecule has 0 spiro atoms. The van der Waals surface area contributed by atoms with Crippen molar-refractivity contribution in [1.82, 2.24) is 15.3 Å². The van der Waals surface area contributed by atoms with Crippen molar-refractivity contribution in [1.29, 1.82) is 0 Å². The molecule has 144 valence electrons. The maximum Gasteiger partial charge on any atom is 0.255 e. The fraction of sp³-hybridized carbons (Fsp3) is 0.421. The molecule has 0 aliphatic carbocycles. The first-order chi connectivity index (χ1) is 13.1. The molecule has 1 amide bonds. The number of rotatable bonds is 7. The highest BCUT2D eigenvalue weighted by molar-refractivity contribution is 6.31. The first-order valence-corrected chi connectivity index (χ1v) is 9.41. The van der Waals surface area contributed by atoms with Crippen LogP contribution in [-0.2, 0) is 0 Å². The third kappa shape index (κ3) is 5.01. The van der Waals surface area contributed by atoms with Crippen LogP contribution in [0.5, 0.6) is 5.75 Å². The van der Waals surface area contributed by atoms with Gasteiger partial charge in [-0.2, -0.15) is 4.98 Å². The fourth-order valence-corrected chi connectivity index (χ4v) is 3.21. The minimum absolute atomic E-state index is 0.237. The standard InChI is InChI=1S/C19H24ClN5O2/c1-13-11-17(25-9-3-4-10-25)24-19(23-13)22-8-7-21-18(26)15-12-14(20)5-6-16(15)27-2/h5-6,11-12H,3-4,7-10H2,1-2H3,(H,21,26)(H,22,23,24). The molecule has 0 bridgehead atoms. The van der Waals surface area contributed by atoms with Gasteiger partial charge < -0.3 is 20.3 Å². The van der Waals surface area contributed by atoms with E-state index in [4.69, 9.17) is 16.3 Å². The van der Waals surface area contributed by atoms with Gasteiger partial charge in [-0.15, -0.1) is 0 Å². The summed E-state index contributed by atoms with van der Waals surface area (Å²) in [6.07, 6.45) is 2.40. The summed E-state index contributed by atoms with van der Waals surface area (Å²) in [5.74, 6) is 1.78. The summed E-state index contributed by atoms with van der Waals surface area (Å²) in [6, 6.07) is 6.96. The van der Waals surface area contributed by atoms with Gasteiger partial charge >= 0.3 is 0 Å². The Morgan fingerprint density at radius 1 is 1.22 bits per heavy atom. The molecule has 0 unspecified atom stereocenters. The normalized spacial score (nSPS) is 13.5. The number of benzene rings is 1. The largest absolute Gasteiger partial charge is 0.496 e. The lowest BCUT2D eigenvalue weighted by Gasteiger charge is -2.17. The number of ether oxygens (including phenoxy) is 1. The second kappa shape index (κ2) is 8.90. The molecule has 2 N–H and O–H groups in total. The van der Waals surface area contributed by atoms with E-state index in [2.05, 4.69) is 25.5 Å². The van der Waals surface area contributed by atoms with Gasteiger partial charge in [0.05, 0.1) is 12.7 Å². The fourth-order valence-electron chi connectivity index (χ4n) is 3.04. The van der Waals surface area contributed by atoms with E-state index in [1.807, 2.05) is 13.0 Å². The van der Waals surface area contributed by atoms with Crippen molar-refractivity contribution in [3.8, 4) is 5.75 Å². The van der Waals surface area contributed by atoms with E-state index >= 15 is 0 Å². The number of halogens is 1. The van der Waals surface area contributed by atoms with Crippen LogP contribution in [0.2, 0.25) is 5.02 Å². The lowest BCUT2D eigenvalue weighted by molar-refractivity contribution is 0.0952. The van der Waals surface area contributed by atoms with Gasteiger partial charge in [0, 0.05) is 43.0 Å². The molecule has 1 aromatic carbocycles. The van der Waals surface area contributed by atoms with Crippen LogP contribution in [0, 0.1) is 6.92 Å². The predicted octanol–water partition coefficient (Wildman–Crippen LogP) is 2.89. The molecule has 2 heterocycles. The van der Waals surface area contributed by atoms with E-state index < -0.39 is 0 Å². The molecule has 1 fully saturated rings. The predicted molar refractivity (Wildman–Crippen MR) is 107 cm³/mol. The SMILES string of the molecule is COc1ccc(Cl)cc1C(=O)NCCNc1nc(C)cc(N2CCCC2)n1. The number of anilines is 2. The van der Waals surface area contributed by atoms with E-state index in [-0.39, 0.29) is 5.91 Å². The van der Waals surface area contributed by atoms with E-state index in [1.54, 1.807) is 18.2 Å². The third-order valence-electron chi connectivity index (χ3n) is 4.37. The second-order valence-corrected chi connectivity index (χ2v) is 6.85. The Morgan fingerprint density at radius 2 is 2.00 bits per heavy atom. The maximum atomic E-state index is 12.4. The van der Waals surface area contributed by atoms with E-state index in [0.29, 0.717) is 35.4 Å². The van der Waals surface area contributed by atoms with Crippen molar-refractivity contribution in [2.75, 3.05) is 43.5 Å². The molecule has 1 saturated heterocycles. The number of hydrogen-bond acceptors (Lipinski definition) is 6. The molecule has 27 heavy (non-hydrogen) atoms. The minimum Gasteiger partial charge on any atom is -0.496 e. The molecular formula is C19H24ClN5O2. The molecule has 0 saturated carbocycles. The van der Waals surface area contributed by atoms with E-state index in [9.17, 15) is 4.79 Å². The highest BCUT2D eigenvalue weighted by Crippen LogP contribution is 2.22. The van der Waals surface area contributed by atoms with Gasteiger partial charge in [0.1, 0.15) is 11.6 Å². The molecule has 0 atom stereocenters. The van der Waals surface area contributed by atoms with Gasteiger partial charge in [0.15, 0.2) is 0 Å². The maximum absolute atomic E-state index is 12.4. The molecule has 8 heteroatoms. The monoisotopic (exact) mass is 389 g/mol. The van der Waals surface area contributed by atoms with Crippen LogP contribution >= 0.6 is 11.6 Å². The van der Waals surface area contributed by atoms with Crippen molar-refractivity contribution in [2.45, 2.75) is 19.8 Å². The highest BCUT2D eigenvalue weighted by atomic mass is 35.5. The Hall–Kier alpha value is -2.54. The number of aryl methyl sites for hydroxylation is 1. The molecule has 0 radical (unpaired) electrons. The zero-order valence-electron chi connectivity index (χ0n) is 15.6. The van der Waals surface area contributed by atoms with E-state index in [0.717, 1.165) is 24.6 Å². The van der Waals surface area contributed by atoms with Crippen molar-refractivity contribution >= 4 is 29.3 Å². The highest BCUT2D eigenvalue weighted by Gasteiger charge is 2.15. The van der Waals surface area contributed by atoms with Gasteiger partial charge in [0.2, 0.25) is 5.95 Å². The lowest BCUT2D eigenvalue weighted by Crippen LogP contribution is -2.29. The summed E-state index contributed by atoms with van der Waals surface area (Å²) >= 11 is 5.97. The van der Waals surface area contributed by atoms with Crippen molar-refractivity contribution in [3.05, 3.63) is 40.5 Å². The van der Waals surface area contributed by atoms with Crippen LogP contribution in [0.1, 0.15) is 28.9 Å². The topological polar surface area (TPSA) is 79.4 Å². The molecular weight excluding hydrogens is 366 g/mol. The zero-order chi connectivity index (χ0) is 19.2. The second-order valence-electron chi connectivity index (χ2n) is 6.41. The van der Waals surface area contributed by atoms with Crippen LogP contribution in [0.15, 0.2) is 24.3 Å². The number of amides is 1. The number of hydrogen-bond donors (Lipinski definition) is 2. The van der Waals surface area contributed by atoms with Gasteiger partial charge in [-0.1, -0.05) is 11.6 Å². The van der Waals surface area contributed by atoms with E-state index in [1.165, 1.54) is 20.0 Å². The Kier molecular flexibility index (Phi) is 6.34. The quantitative estimate of drug-likeness (QED) is 0.709. The summed E-state index contributed by atoms with van der Waals surface area (Å²) in [5, 5.41) is 6.51.